The minimum absolute atomic E-state index is 0.609. The molecule has 0 saturated heterocycles. The van der Waals surface area contributed by atoms with Crippen LogP contribution in [0.15, 0.2) is 54.7 Å². The highest BCUT2D eigenvalue weighted by molar-refractivity contribution is 5.83. The molecule has 3 N–H and O–H groups in total. The lowest BCUT2D eigenvalue weighted by atomic mass is 10.1. The Labute approximate surface area is 165 Å². The first-order valence-corrected chi connectivity index (χ1v) is 9.57. The Morgan fingerprint density at radius 1 is 0.929 bits per heavy atom. The van der Waals surface area contributed by atoms with Crippen molar-refractivity contribution in [3.8, 4) is 0 Å². The summed E-state index contributed by atoms with van der Waals surface area (Å²) < 4.78 is 0. The van der Waals surface area contributed by atoms with Gasteiger partial charge in [0.25, 0.3) is 0 Å². The van der Waals surface area contributed by atoms with Crippen molar-refractivity contribution in [2.24, 2.45) is 0 Å². The van der Waals surface area contributed by atoms with E-state index in [9.17, 15) is 0 Å². The lowest BCUT2D eigenvalue weighted by Crippen LogP contribution is -2.08. The second-order valence-corrected chi connectivity index (χ2v) is 7.18. The molecular formula is C23H25N5. The molecule has 0 aliphatic rings. The van der Waals surface area contributed by atoms with E-state index in [1.165, 1.54) is 27.6 Å². The molecule has 0 aliphatic heterocycles. The third-order valence-electron chi connectivity index (χ3n) is 4.99. The van der Waals surface area contributed by atoms with Crippen LogP contribution < -0.4 is 10.6 Å². The van der Waals surface area contributed by atoms with E-state index in [0.29, 0.717) is 5.95 Å². The van der Waals surface area contributed by atoms with Crippen LogP contribution in [0.1, 0.15) is 22.4 Å². The summed E-state index contributed by atoms with van der Waals surface area (Å²) in [6.07, 6.45) is 3.01. The zero-order valence-corrected chi connectivity index (χ0v) is 16.5. The smallest absolute Gasteiger partial charge is 0.229 e. The number of H-pyrrole nitrogens is 1. The number of anilines is 3. The fraction of sp³-hybridized carbons (Fsp3) is 0.217. The summed E-state index contributed by atoms with van der Waals surface area (Å²) in [5.74, 6) is 1.44. The summed E-state index contributed by atoms with van der Waals surface area (Å²) in [6.45, 7) is 7.01. The van der Waals surface area contributed by atoms with E-state index in [2.05, 4.69) is 88.1 Å². The lowest BCUT2D eigenvalue weighted by molar-refractivity contribution is 1.00. The minimum atomic E-state index is 0.609. The minimum Gasteiger partial charge on any atom is -0.370 e. The van der Waals surface area contributed by atoms with Crippen molar-refractivity contribution in [3.05, 3.63) is 77.1 Å². The largest absolute Gasteiger partial charge is 0.370 e. The molecule has 5 nitrogen and oxygen atoms in total. The number of para-hydroxylation sites is 1. The fourth-order valence-corrected chi connectivity index (χ4v) is 3.33. The molecule has 4 aromatic rings. The number of nitrogens with one attached hydrogen (secondary N) is 3. The molecule has 5 heteroatoms. The molecule has 0 radical (unpaired) electrons. The number of aromatic amines is 1. The summed E-state index contributed by atoms with van der Waals surface area (Å²) in [7, 11) is 0. The molecule has 0 spiro atoms. The summed E-state index contributed by atoms with van der Waals surface area (Å²) in [5.41, 5.74) is 6.93. The number of hydrogen-bond donors (Lipinski definition) is 3. The van der Waals surface area contributed by atoms with Gasteiger partial charge in [-0.05, 0) is 62.1 Å². The molecule has 2 aromatic heterocycles. The molecule has 0 amide bonds. The molecule has 4 rings (SSSR count). The molecule has 0 saturated carbocycles. The van der Waals surface area contributed by atoms with Gasteiger partial charge in [-0.1, -0.05) is 24.3 Å². The van der Waals surface area contributed by atoms with Gasteiger partial charge in [0.1, 0.15) is 5.82 Å². The van der Waals surface area contributed by atoms with Crippen molar-refractivity contribution in [3.63, 3.8) is 0 Å². The quantitative estimate of drug-likeness (QED) is 0.431. The van der Waals surface area contributed by atoms with Crippen LogP contribution in [0, 0.1) is 20.8 Å². The number of benzene rings is 2. The Balaban J connectivity index is 1.44. The average molecular weight is 371 g/mol. The topological polar surface area (TPSA) is 65.6 Å². The van der Waals surface area contributed by atoms with Gasteiger partial charge in [-0.25, -0.2) is 4.98 Å². The Morgan fingerprint density at radius 3 is 2.64 bits per heavy atom. The second kappa shape index (κ2) is 7.72. The molecule has 0 bridgehead atoms. The molecular weight excluding hydrogens is 346 g/mol. The third kappa shape index (κ3) is 3.98. The predicted octanol–water partition coefficient (Wildman–Crippen LogP) is 5.28. The number of aromatic nitrogens is 3. The summed E-state index contributed by atoms with van der Waals surface area (Å²) in [6, 6.07) is 16.6. The highest BCUT2D eigenvalue weighted by Crippen LogP contribution is 2.20. The van der Waals surface area contributed by atoms with E-state index in [1.807, 2.05) is 13.0 Å². The maximum absolute atomic E-state index is 4.62. The standard InChI is InChI=1S/C23H25N5/c1-15-8-9-19(12-16(15)2)27-23-26-17(3)13-22(28-23)24-11-10-18-14-25-21-7-5-4-6-20(18)21/h4-9,12-14,25H,10-11H2,1-3H3,(H2,24,26,27,28). The van der Waals surface area contributed by atoms with E-state index in [0.717, 1.165) is 30.2 Å². The molecule has 0 fully saturated rings. The Bertz CT molecular complexity index is 1110. The summed E-state index contributed by atoms with van der Waals surface area (Å²) >= 11 is 0. The average Bonchev–Trinajstić information content (AvgIpc) is 3.08. The summed E-state index contributed by atoms with van der Waals surface area (Å²) in [4.78, 5) is 12.5. The normalized spacial score (nSPS) is 11.0. The van der Waals surface area contributed by atoms with E-state index in [-0.39, 0.29) is 0 Å². The Hall–Kier alpha value is -3.34. The van der Waals surface area contributed by atoms with Crippen molar-refractivity contribution < 1.29 is 0 Å². The highest BCUT2D eigenvalue weighted by atomic mass is 15.1. The molecule has 0 unspecified atom stereocenters. The van der Waals surface area contributed by atoms with Crippen LogP contribution in [0.3, 0.4) is 0 Å². The number of fused-ring (bicyclic) bond motifs is 1. The number of rotatable bonds is 6. The van der Waals surface area contributed by atoms with Crippen molar-refractivity contribution in [1.29, 1.82) is 0 Å². The molecule has 2 heterocycles. The van der Waals surface area contributed by atoms with Crippen LogP contribution in [0.4, 0.5) is 17.5 Å². The number of aryl methyl sites for hydroxylation is 3. The SMILES string of the molecule is Cc1cc(NCCc2c[nH]c3ccccc23)nc(Nc2ccc(C)c(C)c2)n1. The van der Waals surface area contributed by atoms with Crippen LogP contribution >= 0.6 is 0 Å². The van der Waals surface area contributed by atoms with Crippen molar-refractivity contribution in [2.75, 3.05) is 17.2 Å². The van der Waals surface area contributed by atoms with E-state index < -0.39 is 0 Å². The first-order chi connectivity index (χ1) is 13.6. The van der Waals surface area contributed by atoms with Gasteiger partial charge in [-0.15, -0.1) is 0 Å². The van der Waals surface area contributed by atoms with Gasteiger partial charge < -0.3 is 15.6 Å². The van der Waals surface area contributed by atoms with Crippen LogP contribution in [0.25, 0.3) is 10.9 Å². The Kier molecular flexibility index (Phi) is 4.98. The molecule has 0 aliphatic carbocycles. The maximum Gasteiger partial charge on any atom is 0.229 e. The zero-order chi connectivity index (χ0) is 19.5. The number of hydrogen-bond acceptors (Lipinski definition) is 4. The van der Waals surface area contributed by atoms with Gasteiger partial charge in [-0.2, -0.15) is 4.98 Å². The van der Waals surface area contributed by atoms with Crippen molar-refractivity contribution in [2.45, 2.75) is 27.2 Å². The van der Waals surface area contributed by atoms with Gasteiger partial charge in [0, 0.05) is 41.1 Å². The van der Waals surface area contributed by atoms with Gasteiger partial charge in [0.2, 0.25) is 5.95 Å². The molecule has 2 aromatic carbocycles. The van der Waals surface area contributed by atoms with Gasteiger partial charge in [-0.3, -0.25) is 0 Å². The molecule has 28 heavy (non-hydrogen) atoms. The second-order valence-electron chi connectivity index (χ2n) is 7.18. The van der Waals surface area contributed by atoms with Crippen LogP contribution in [0.5, 0.6) is 0 Å². The van der Waals surface area contributed by atoms with Crippen molar-refractivity contribution in [1.82, 2.24) is 15.0 Å². The fourth-order valence-electron chi connectivity index (χ4n) is 3.33. The first-order valence-electron chi connectivity index (χ1n) is 9.57. The van der Waals surface area contributed by atoms with Gasteiger partial charge in [0.15, 0.2) is 0 Å². The first kappa shape index (κ1) is 18.0. The van der Waals surface area contributed by atoms with Crippen molar-refractivity contribution >= 4 is 28.4 Å². The maximum atomic E-state index is 4.62. The summed E-state index contributed by atoms with van der Waals surface area (Å²) in [5, 5.41) is 8.02. The molecule has 142 valence electrons. The van der Waals surface area contributed by atoms with Crippen LogP contribution in [0.2, 0.25) is 0 Å². The van der Waals surface area contributed by atoms with E-state index in [4.69, 9.17) is 0 Å². The van der Waals surface area contributed by atoms with E-state index >= 15 is 0 Å². The number of nitrogens with zero attached hydrogens (tertiary/aromatic N) is 2. The highest BCUT2D eigenvalue weighted by Gasteiger charge is 2.06. The monoisotopic (exact) mass is 371 g/mol. The zero-order valence-electron chi connectivity index (χ0n) is 16.5. The van der Waals surface area contributed by atoms with Crippen LogP contribution in [-0.2, 0) is 6.42 Å². The van der Waals surface area contributed by atoms with Crippen LogP contribution in [-0.4, -0.2) is 21.5 Å². The van der Waals surface area contributed by atoms with E-state index in [1.54, 1.807) is 0 Å². The van der Waals surface area contributed by atoms with Gasteiger partial charge >= 0.3 is 0 Å². The Morgan fingerprint density at radius 2 is 1.79 bits per heavy atom. The third-order valence-corrected chi connectivity index (χ3v) is 4.99. The molecule has 0 atom stereocenters. The lowest BCUT2D eigenvalue weighted by Gasteiger charge is -2.11. The predicted molar refractivity (Wildman–Crippen MR) is 116 cm³/mol. The van der Waals surface area contributed by atoms with Gasteiger partial charge in [0.05, 0.1) is 0 Å².